The lowest BCUT2D eigenvalue weighted by molar-refractivity contribution is -0.274. The average Bonchev–Trinajstić information content (AvgIpc) is 2.37. The van der Waals surface area contributed by atoms with E-state index in [-0.39, 0.29) is 5.75 Å². The molecular formula is C16H11F3O. The number of aryl methyl sites for hydroxylation is 1. The number of terminal acetylenes is 1. The molecule has 2 aromatic carbocycles. The van der Waals surface area contributed by atoms with Gasteiger partial charge in [-0.05, 0) is 47.9 Å². The van der Waals surface area contributed by atoms with Crippen molar-refractivity contribution in [3.8, 4) is 29.2 Å². The zero-order valence-corrected chi connectivity index (χ0v) is 10.7. The van der Waals surface area contributed by atoms with Gasteiger partial charge in [0.1, 0.15) is 5.75 Å². The second kappa shape index (κ2) is 5.30. The Morgan fingerprint density at radius 2 is 1.65 bits per heavy atom. The van der Waals surface area contributed by atoms with Crippen LogP contribution in [0.1, 0.15) is 11.1 Å². The molecule has 0 N–H and O–H groups in total. The van der Waals surface area contributed by atoms with Gasteiger partial charge in [0.25, 0.3) is 0 Å². The van der Waals surface area contributed by atoms with Gasteiger partial charge in [-0.1, -0.05) is 24.1 Å². The lowest BCUT2D eigenvalue weighted by Gasteiger charge is -2.10. The second-order valence-corrected chi connectivity index (χ2v) is 4.30. The van der Waals surface area contributed by atoms with Gasteiger partial charge in [0.05, 0.1) is 0 Å². The van der Waals surface area contributed by atoms with Crippen LogP contribution in [0.5, 0.6) is 5.75 Å². The van der Waals surface area contributed by atoms with Crippen LogP contribution in [0.25, 0.3) is 11.1 Å². The highest BCUT2D eigenvalue weighted by atomic mass is 19.4. The van der Waals surface area contributed by atoms with Crippen molar-refractivity contribution in [3.63, 3.8) is 0 Å². The van der Waals surface area contributed by atoms with E-state index in [1.54, 1.807) is 12.1 Å². The number of ether oxygens (including phenoxy) is 1. The highest BCUT2D eigenvalue weighted by molar-refractivity contribution is 5.67. The minimum Gasteiger partial charge on any atom is -0.406 e. The molecule has 1 nitrogen and oxygen atoms in total. The van der Waals surface area contributed by atoms with Crippen LogP contribution < -0.4 is 4.74 Å². The van der Waals surface area contributed by atoms with E-state index in [1.807, 2.05) is 25.1 Å². The van der Waals surface area contributed by atoms with E-state index in [2.05, 4.69) is 10.7 Å². The van der Waals surface area contributed by atoms with Gasteiger partial charge in [0.2, 0.25) is 0 Å². The Morgan fingerprint density at radius 3 is 2.20 bits per heavy atom. The molecule has 0 saturated heterocycles. The van der Waals surface area contributed by atoms with Crippen molar-refractivity contribution in [1.29, 1.82) is 0 Å². The number of alkyl halides is 3. The van der Waals surface area contributed by atoms with E-state index in [0.29, 0.717) is 0 Å². The SMILES string of the molecule is C#Cc1cc(C)cc(-c2ccc(OC(F)(F)F)cc2)c1. The van der Waals surface area contributed by atoms with Gasteiger partial charge in [0, 0.05) is 5.56 Å². The predicted octanol–water partition coefficient (Wildman–Crippen LogP) is 4.54. The zero-order chi connectivity index (χ0) is 14.8. The van der Waals surface area contributed by atoms with Crippen LogP contribution in [0.2, 0.25) is 0 Å². The van der Waals surface area contributed by atoms with Crippen LogP contribution in [-0.4, -0.2) is 6.36 Å². The molecule has 0 bridgehead atoms. The monoisotopic (exact) mass is 276 g/mol. The molecule has 0 radical (unpaired) electrons. The van der Waals surface area contributed by atoms with Gasteiger partial charge in [-0.15, -0.1) is 19.6 Å². The summed E-state index contributed by atoms with van der Waals surface area (Å²) in [6.45, 7) is 1.91. The molecule has 0 heterocycles. The summed E-state index contributed by atoms with van der Waals surface area (Å²) in [5, 5.41) is 0. The van der Waals surface area contributed by atoms with Crippen LogP contribution in [0.3, 0.4) is 0 Å². The highest BCUT2D eigenvalue weighted by Gasteiger charge is 2.30. The van der Waals surface area contributed by atoms with Crippen molar-refractivity contribution in [2.45, 2.75) is 13.3 Å². The molecule has 2 aromatic rings. The summed E-state index contributed by atoms with van der Waals surface area (Å²) in [6.07, 6.45) is 0.685. The fraction of sp³-hybridized carbons (Fsp3) is 0.125. The molecule has 4 heteroatoms. The van der Waals surface area contributed by atoms with E-state index in [1.165, 1.54) is 12.1 Å². The zero-order valence-electron chi connectivity index (χ0n) is 10.7. The first-order valence-electron chi connectivity index (χ1n) is 5.82. The molecule has 0 unspecified atom stereocenters. The van der Waals surface area contributed by atoms with E-state index in [0.717, 1.165) is 22.3 Å². The van der Waals surface area contributed by atoms with E-state index >= 15 is 0 Å². The molecule has 0 fully saturated rings. The summed E-state index contributed by atoms with van der Waals surface area (Å²) in [6, 6.07) is 11.3. The largest absolute Gasteiger partial charge is 0.573 e. The Bertz CT molecular complexity index is 649. The van der Waals surface area contributed by atoms with Crippen LogP contribution >= 0.6 is 0 Å². The fourth-order valence-corrected chi connectivity index (χ4v) is 1.88. The van der Waals surface area contributed by atoms with Crippen molar-refractivity contribution in [3.05, 3.63) is 53.6 Å². The van der Waals surface area contributed by atoms with Crippen molar-refractivity contribution < 1.29 is 17.9 Å². The number of halogens is 3. The molecule has 2 rings (SSSR count). The maximum atomic E-state index is 12.1. The second-order valence-electron chi connectivity index (χ2n) is 4.30. The summed E-state index contributed by atoms with van der Waals surface area (Å²) in [7, 11) is 0. The Labute approximate surface area is 115 Å². The maximum Gasteiger partial charge on any atom is 0.573 e. The summed E-state index contributed by atoms with van der Waals surface area (Å²) in [5.74, 6) is 2.30. The Morgan fingerprint density at radius 1 is 1.00 bits per heavy atom. The van der Waals surface area contributed by atoms with Gasteiger partial charge in [-0.2, -0.15) is 0 Å². The third-order valence-electron chi connectivity index (χ3n) is 2.67. The lowest BCUT2D eigenvalue weighted by Crippen LogP contribution is -2.16. The number of hydrogen-bond acceptors (Lipinski definition) is 1. The van der Waals surface area contributed by atoms with E-state index in [9.17, 15) is 13.2 Å². The number of hydrogen-bond donors (Lipinski definition) is 0. The lowest BCUT2D eigenvalue weighted by atomic mass is 10.0. The first-order chi connectivity index (χ1) is 9.37. The van der Waals surface area contributed by atoms with Crippen LogP contribution in [0, 0.1) is 19.3 Å². The van der Waals surface area contributed by atoms with Gasteiger partial charge in [-0.3, -0.25) is 0 Å². The Hall–Kier alpha value is -2.41. The standard InChI is InChI=1S/C16H11F3O/c1-3-12-8-11(2)9-14(10-12)13-4-6-15(7-5-13)20-16(17,18)19/h1,4-10H,2H3. The van der Waals surface area contributed by atoms with Gasteiger partial charge < -0.3 is 4.74 Å². The first kappa shape index (κ1) is 14.0. The van der Waals surface area contributed by atoms with Crippen LogP contribution in [0.15, 0.2) is 42.5 Å². The van der Waals surface area contributed by atoms with Crippen molar-refractivity contribution >= 4 is 0 Å². The van der Waals surface area contributed by atoms with Gasteiger partial charge in [-0.25, -0.2) is 0 Å². The normalized spacial score (nSPS) is 10.9. The van der Waals surface area contributed by atoms with Gasteiger partial charge in [0.15, 0.2) is 0 Å². The third-order valence-corrected chi connectivity index (χ3v) is 2.67. The van der Waals surface area contributed by atoms with Crippen molar-refractivity contribution in [1.82, 2.24) is 0 Å². The molecule has 0 aliphatic carbocycles. The average molecular weight is 276 g/mol. The van der Waals surface area contributed by atoms with E-state index in [4.69, 9.17) is 6.42 Å². The minimum absolute atomic E-state index is 0.244. The molecule has 0 saturated carbocycles. The quantitative estimate of drug-likeness (QED) is 0.732. The molecule has 102 valence electrons. The molecule has 0 aromatic heterocycles. The summed E-state index contributed by atoms with van der Waals surface area (Å²) in [4.78, 5) is 0. The molecule has 0 aliphatic heterocycles. The summed E-state index contributed by atoms with van der Waals surface area (Å²) in [5.41, 5.74) is 3.36. The molecule has 0 atom stereocenters. The number of benzene rings is 2. The summed E-state index contributed by atoms with van der Waals surface area (Å²) >= 11 is 0. The first-order valence-corrected chi connectivity index (χ1v) is 5.82. The number of rotatable bonds is 2. The summed E-state index contributed by atoms with van der Waals surface area (Å²) < 4.78 is 40.0. The Kier molecular flexibility index (Phi) is 3.71. The smallest absolute Gasteiger partial charge is 0.406 e. The van der Waals surface area contributed by atoms with Crippen LogP contribution in [-0.2, 0) is 0 Å². The minimum atomic E-state index is -4.68. The van der Waals surface area contributed by atoms with Crippen molar-refractivity contribution in [2.24, 2.45) is 0 Å². The van der Waals surface area contributed by atoms with E-state index < -0.39 is 6.36 Å². The molecule has 0 amide bonds. The maximum absolute atomic E-state index is 12.1. The molecular weight excluding hydrogens is 265 g/mol. The molecule has 0 aliphatic rings. The molecule has 0 spiro atoms. The van der Waals surface area contributed by atoms with Crippen LogP contribution in [0.4, 0.5) is 13.2 Å². The Balaban J connectivity index is 2.31. The highest BCUT2D eigenvalue weighted by Crippen LogP contribution is 2.27. The van der Waals surface area contributed by atoms with Gasteiger partial charge >= 0.3 is 6.36 Å². The fourth-order valence-electron chi connectivity index (χ4n) is 1.88. The third kappa shape index (κ3) is 3.55. The topological polar surface area (TPSA) is 9.23 Å². The van der Waals surface area contributed by atoms with Crippen molar-refractivity contribution in [2.75, 3.05) is 0 Å². The predicted molar refractivity (Wildman–Crippen MR) is 71.2 cm³/mol. The molecule has 20 heavy (non-hydrogen) atoms.